The fraction of sp³-hybridized carbons (Fsp3) is 0.389. The Labute approximate surface area is 148 Å². The number of benzene rings is 1. The first-order chi connectivity index (χ1) is 12.4. The predicted molar refractivity (Wildman–Crippen MR) is 90.7 cm³/mol. The Morgan fingerprint density at radius 2 is 1.88 bits per heavy atom. The molecule has 0 N–H and O–H groups in total. The summed E-state index contributed by atoms with van der Waals surface area (Å²) in [6.45, 7) is 2.76. The number of hydrogen-bond acceptors (Lipinski definition) is 4. The van der Waals surface area contributed by atoms with Crippen molar-refractivity contribution in [1.29, 1.82) is 0 Å². The molecule has 0 radical (unpaired) electrons. The second-order valence-electron chi connectivity index (χ2n) is 6.73. The van der Waals surface area contributed by atoms with E-state index in [1.165, 1.54) is 10.8 Å². The molecule has 26 heavy (non-hydrogen) atoms. The molecule has 5 nitrogen and oxygen atoms in total. The molecular formula is C18H18F3N5. The number of anilines is 1. The van der Waals surface area contributed by atoms with Gasteiger partial charge in [-0.05, 0) is 24.3 Å². The van der Waals surface area contributed by atoms with Crippen molar-refractivity contribution >= 4 is 11.6 Å². The zero-order valence-electron chi connectivity index (χ0n) is 14.2. The van der Waals surface area contributed by atoms with Crippen molar-refractivity contribution in [2.24, 2.45) is 5.92 Å². The number of alkyl halides is 3. The minimum atomic E-state index is -4.54. The molecule has 3 aromatic rings. The number of aromatic nitrogens is 4. The Morgan fingerprint density at radius 3 is 2.62 bits per heavy atom. The molecule has 1 saturated heterocycles. The maximum Gasteiger partial charge on any atom is 0.433 e. The highest BCUT2D eigenvalue weighted by molar-refractivity contribution is 5.50. The second-order valence-corrected chi connectivity index (χ2v) is 6.73. The first-order valence-corrected chi connectivity index (χ1v) is 8.53. The zero-order valence-corrected chi connectivity index (χ0v) is 14.2. The molecule has 2 aromatic heterocycles. The molecule has 0 spiro atoms. The molecule has 0 amide bonds. The highest BCUT2D eigenvalue weighted by Crippen LogP contribution is 2.38. The van der Waals surface area contributed by atoms with Gasteiger partial charge in [0.2, 0.25) is 0 Å². The molecule has 1 aliphatic heterocycles. The van der Waals surface area contributed by atoms with Crippen molar-refractivity contribution in [3.8, 4) is 0 Å². The molecule has 4 rings (SSSR count). The van der Waals surface area contributed by atoms with Crippen LogP contribution in [0.15, 0.2) is 42.7 Å². The molecule has 136 valence electrons. The number of fused-ring (bicyclic) bond motifs is 1. The van der Waals surface area contributed by atoms with Crippen molar-refractivity contribution in [2.45, 2.75) is 32.0 Å². The summed E-state index contributed by atoms with van der Waals surface area (Å²) in [6.07, 6.45) is -1.41. The maximum atomic E-state index is 13.3. The van der Waals surface area contributed by atoms with Gasteiger partial charge in [-0.3, -0.25) is 0 Å². The van der Waals surface area contributed by atoms with Crippen LogP contribution >= 0.6 is 0 Å². The van der Waals surface area contributed by atoms with Crippen LogP contribution in [-0.4, -0.2) is 26.1 Å². The molecule has 2 atom stereocenters. The number of rotatable bonds is 2. The normalized spacial score (nSPS) is 21.3. The quantitative estimate of drug-likeness (QED) is 0.689. The Morgan fingerprint density at radius 1 is 1.12 bits per heavy atom. The third-order valence-corrected chi connectivity index (χ3v) is 4.82. The van der Waals surface area contributed by atoms with Gasteiger partial charge in [-0.15, -0.1) is 0 Å². The van der Waals surface area contributed by atoms with Crippen molar-refractivity contribution in [3.05, 3.63) is 54.0 Å². The van der Waals surface area contributed by atoms with Crippen molar-refractivity contribution in [3.63, 3.8) is 0 Å². The van der Waals surface area contributed by atoms with E-state index in [0.717, 1.165) is 24.5 Å². The van der Waals surface area contributed by atoms with Crippen LogP contribution in [0, 0.1) is 5.92 Å². The Bertz CT molecular complexity index is 906. The lowest BCUT2D eigenvalue weighted by Gasteiger charge is -2.40. The summed E-state index contributed by atoms with van der Waals surface area (Å²) in [4.78, 5) is 9.50. The van der Waals surface area contributed by atoms with Crippen LogP contribution in [0.3, 0.4) is 0 Å². The number of piperidine rings is 1. The monoisotopic (exact) mass is 361 g/mol. The second kappa shape index (κ2) is 6.26. The lowest BCUT2D eigenvalue weighted by Crippen LogP contribution is -2.38. The van der Waals surface area contributed by atoms with E-state index in [0.29, 0.717) is 18.3 Å². The van der Waals surface area contributed by atoms with E-state index in [4.69, 9.17) is 0 Å². The van der Waals surface area contributed by atoms with E-state index in [-0.39, 0.29) is 11.8 Å². The third kappa shape index (κ3) is 3.00. The van der Waals surface area contributed by atoms with Crippen molar-refractivity contribution in [1.82, 2.24) is 19.6 Å². The molecule has 0 unspecified atom stereocenters. The van der Waals surface area contributed by atoms with Gasteiger partial charge in [-0.25, -0.2) is 4.98 Å². The molecule has 3 heterocycles. The number of halogens is 3. The summed E-state index contributed by atoms with van der Waals surface area (Å²) in [7, 11) is 0. The molecule has 1 fully saturated rings. The molecule has 1 aliphatic rings. The lowest BCUT2D eigenvalue weighted by atomic mass is 9.90. The van der Waals surface area contributed by atoms with Gasteiger partial charge in [-0.1, -0.05) is 37.3 Å². The summed E-state index contributed by atoms with van der Waals surface area (Å²) in [5.74, 6) is 0.705. The minimum Gasteiger partial charge on any atom is -0.349 e. The maximum absolute atomic E-state index is 13.3. The van der Waals surface area contributed by atoms with Crippen LogP contribution in [-0.2, 0) is 6.18 Å². The largest absolute Gasteiger partial charge is 0.433 e. The minimum absolute atomic E-state index is 0.0108. The molecular weight excluding hydrogens is 343 g/mol. The summed E-state index contributed by atoms with van der Waals surface area (Å²) < 4.78 is 41.4. The summed E-state index contributed by atoms with van der Waals surface area (Å²) >= 11 is 0. The van der Waals surface area contributed by atoms with Gasteiger partial charge in [0.15, 0.2) is 5.69 Å². The molecule has 8 heteroatoms. The molecule has 0 aliphatic carbocycles. The van der Waals surface area contributed by atoms with E-state index in [2.05, 4.69) is 22.0 Å². The van der Waals surface area contributed by atoms with Gasteiger partial charge < -0.3 is 4.90 Å². The van der Waals surface area contributed by atoms with Gasteiger partial charge in [0.1, 0.15) is 12.1 Å². The van der Waals surface area contributed by atoms with Gasteiger partial charge in [0.25, 0.3) is 5.78 Å². The standard InChI is InChI=1S/C18H18F3N5/c1-12-7-8-14(13-5-3-2-4-6-13)25(10-12)16-9-15(18(19,20)21)24-17-22-11-23-26(16)17/h2-6,9,11-12,14H,7-8,10H2,1H3/t12-,14+/m1/s1. The van der Waals surface area contributed by atoms with E-state index in [1.807, 2.05) is 35.2 Å². The topological polar surface area (TPSA) is 46.3 Å². The number of nitrogens with zero attached hydrogens (tertiary/aromatic N) is 5. The average Bonchev–Trinajstić information content (AvgIpc) is 3.09. The van der Waals surface area contributed by atoms with Gasteiger partial charge in [0.05, 0.1) is 6.04 Å². The van der Waals surface area contributed by atoms with Crippen LogP contribution in [0.5, 0.6) is 0 Å². The Kier molecular flexibility index (Phi) is 4.05. The summed E-state index contributed by atoms with van der Waals surface area (Å²) in [5.41, 5.74) is 0.135. The number of hydrogen-bond donors (Lipinski definition) is 0. The van der Waals surface area contributed by atoms with Crippen LogP contribution < -0.4 is 4.90 Å². The van der Waals surface area contributed by atoms with Gasteiger partial charge in [0, 0.05) is 12.6 Å². The average molecular weight is 361 g/mol. The smallest absolute Gasteiger partial charge is 0.349 e. The SMILES string of the molecule is C[C@@H]1CC[C@@H](c2ccccc2)N(c2cc(C(F)(F)F)nc3ncnn23)C1. The molecule has 0 saturated carbocycles. The van der Waals surface area contributed by atoms with Crippen molar-refractivity contribution < 1.29 is 13.2 Å². The summed E-state index contributed by atoms with van der Waals surface area (Å²) in [6, 6.07) is 10.9. The molecule has 0 bridgehead atoms. The fourth-order valence-corrected chi connectivity index (χ4v) is 3.57. The fourth-order valence-electron chi connectivity index (χ4n) is 3.57. The van der Waals surface area contributed by atoms with E-state index in [9.17, 15) is 13.2 Å². The third-order valence-electron chi connectivity index (χ3n) is 4.82. The van der Waals surface area contributed by atoms with E-state index >= 15 is 0 Å². The van der Waals surface area contributed by atoms with Gasteiger partial charge >= 0.3 is 6.18 Å². The van der Waals surface area contributed by atoms with Crippen LogP contribution in [0.4, 0.5) is 19.0 Å². The van der Waals surface area contributed by atoms with Crippen LogP contribution in [0.1, 0.15) is 37.1 Å². The zero-order chi connectivity index (χ0) is 18.3. The van der Waals surface area contributed by atoms with E-state index in [1.54, 1.807) is 0 Å². The Balaban J connectivity index is 1.86. The Hall–Kier alpha value is -2.64. The highest BCUT2D eigenvalue weighted by Gasteiger charge is 2.36. The first kappa shape index (κ1) is 16.8. The van der Waals surface area contributed by atoms with Gasteiger partial charge in [-0.2, -0.15) is 27.8 Å². The highest BCUT2D eigenvalue weighted by atomic mass is 19.4. The first-order valence-electron chi connectivity index (χ1n) is 8.53. The predicted octanol–water partition coefficient (Wildman–Crippen LogP) is 4.12. The van der Waals surface area contributed by atoms with E-state index < -0.39 is 11.9 Å². The summed E-state index contributed by atoms with van der Waals surface area (Å²) in [5, 5.41) is 4.10. The molecule has 1 aromatic carbocycles. The van der Waals surface area contributed by atoms with Crippen LogP contribution in [0.2, 0.25) is 0 Å². The van der Waals surface area contributed by atoms with Crippen molar-refractivity contribution in [2.75, 3.05) is 11.4 Å². The van der Waals surface area contributed by atoms with Crippen LogP contribution in [0.25, 0.3) is 5.78 Å². The lowest BCUT2D eigenvalue weighted by molar-refractivity contribution is -0.141.